The van der Waals surface area contributed by atoms with Crippen molar-refractivity contribution >= 4 is 11.8 Å². The molecule has 6 heteroatoms. The summed E-state index contributed by atoms with van der Waals surface area (Å²) in [4.78, 5) is 26.1. The maximum Gasteiger partial charge on any atom is 0.254 e. The molecule has 1 atom stereocenters. The zero-order valence-electron chi connectivity index (χ0n) is 13.5. The molecule has 1 heterocycles. The van der Waals surface area contributed by atoms with Gasteiger partial charge in [0.15, 0.2) is 0 Å². The van der Waals surface area contributed by atoms with Crippen molar-refractivity contribution in [2.45, 2.75) is 38.6 Å². The van der Waals surface area contributed by atoms with Crippen LogP contribution in [-0.2, 0) is 4.79 Å². The van der Waals surface area contributed by atoms with E-state index in [4.69, 9.17) is 5.73 Å². The van der Waals surface area contributed by atoms with Crippen molar-refractivity contribution in [3.05, 3.63) is 35.1 Å². The molecule has 1 aromatic rings. The van der Waals surface area contributed by atoms with E-state index in [1.54, 1.807) is 17.9 Å². The molecule has 0 radical (unpaired) electrons. The number of amides is 2. The zero-order chi connectivity index (χ0) is 16.8. The Bertz CT molecular complexity index is 577. The number of nitrogens with one attached hydrogen (secondary N) is 1. The summed E-state index contributed by atoms with van der Waals surface area (Å²) in [6.07, 6.45) is 3.12. The van der Waals surface area contributed by atoms with Crippen LogP contribution in [0.5, 0.6) is 0 Å². The molecule has 0 spiro atoms. The number of likely N-dealkylation sites (tertiary alicyclic amines) is 1. The third-order valence-electron chi connectivity index (χ3n) is 4.20. The first-order valence-electron chi connectivity index (χ1n) is 8.07. The van der Waals surface area contributed by atoms with Crippen LogP contribution in [0.25, 0.3) is 0 Å². The average Bonchev–Trinajstić information content (AvgIpc) is 2.55. The Balaban J connectivity index is 2.06. The highest BCUT2D eigenvalue weighted by Crippen LogP contribution is 2.20. The Morgan fingerprint density at radius 2 is 2.17 bits per heavy atom. The van der Waals surface area contributed by atoms with Crippen LogP contribution in [0.4, 0.5) is 4.39 Å². The topological polar surface area (TPSA) is 75.4 Å². The van der Waals surface area contributed by atoms with Gasteiger partial charge >= 0.3 is 0 Å². The van der Waals surface area contributed by atoms with Gasteiger partial charge in [-0.1, -0.05) is 0 Å². The molecule has 1 saturated heterocycles. The Hall–Kier alpha value is -1.95. The van der Waals surface area contributed by atoms with Crippen molar-refractivity contribution in [1.29, 1.82) is 0 Å². The molecule has 0 aliphatic carbocycles. The van der Waals surface area contributed by atoms with Gasteiger partial charge < -0.3 is 16.0 Å². The highest BCUT2D eigenvalue weighted by atomic mass is 19.1. The van der Waals surface area contributed by atoms with Gasteiger partial charge in [-0.05, 0) is 49.9 Å². The summed E-state index contributed by atoms with van der Waals surface area (Å²) in [5.41, 5.74) is 6.31. The van der Waals surface area contributed by atoms with Crippen LogP contribution < -0.4 is 11.1 Å². The lowest BCUT2D eigenvalue weighted by Crippen LogP contribution is -2.49. The molecular weight excluding hydrogens is 297 g/mol. The van der Waals surface area contributed by atoms with E-state index in [0.717, 1.165) is 19.3 Å². The summed E-state index contributed by atoms with van der Waals surface area (Å²) in [5.74, 6) is -0.514. The number of halogens is 1. The highest BCUT2D eigenvalue weighted by Gasteiger charge is 2.27. The van der Waals surface area contributed by atoms with Crippen LogP contribution in [0.1, 0.15) is 41.6 Å². The fraction of sp³-hybridized carbons (Fsp3) is 0.529. The van der Waals surface area contributed by atoms with E-state index in [1.807, 2.05) is 0 Å². The SMILES string of the molecule is Cc1cc(C(=O)N2CCCCC2CNC(=O)CCN)ccc1F. The molecule has 5 nitrogen and oxygen atoms in total. The van der Waals surface area contributed by atoms with Crippen molar-refractivity contribution in [3.63, 3.8) is 0 Å². The van der Waals surface area contributed by atoms with E-state index in [2.05, 4.69) is 5.32 Å². The molecule has 1 aliphatic rings. The highest BCUT2D eigenvalue weighted by molar-refractivity contribution is 5.94. The monoisotopic (exact) mass is 321 g/mol. The lowest BCUT2D eigenvalue weighted by Gasteiger charge is -2.36. The van der Waals surface area contributed by atoms with Gasteiger partial charge in [0.25, 0.3) is 5.91 Å². The van der Waals surface area contributed by atoms with Crippen LogP contribution in [0, 0.1) is 12.7 Å². The number of benzene rings is 1. The number of carbonyl (C=O) groups is 2. The van der Waals surface area contributed by atoms with Gasteiger partial charge in [-0.2, -0.15) is 0 Å². The van der Waals surface area contributed by atoms with Gasteiger partial charge in [0.1, 0.15) is 5.82 Å². The molecular formula is C17H24FN3O2. The molecule has 0 saturated carbocycles. The summed E-state index contributed by atoms with van der Waals surface area (Å²) >= 11 is 0. The van der Waals surface area contributed by atoms with E-state index in [1.165, 1.54) is 12.1 Å². The van der Waals surface area contributed by atoms with Crippen molar-refractivity contribution in [2.24, 2.45) is 5.73 Å². The maximum atomic E-state index is 13.4. The standard InChI is InChI=1S/C17H24FN3O2/c1-12-10-13(5-6-15(12)18)17(23)21-9-3-2-4-14(21)11-20-16(22)7-8-19/h5-6,10,14H,2-4,7-9,11,19H2,1H3,(H,20,22). The first-order chi connectivity index (χ1) is 11.0. The molecule has 2 amide bonds. The molecule has 1 unspecified atom stereocenters. The van der Waals surface area contributed by atoms with Gasteiger partial charge in [-0.3, -0.25) is 9.59 Å². The number of hydrogen-bond donors (Lipinski definition) is 2. The molecule has 2 rings (SSSR count). The third kappa shape index (κ3) is 4.51. The lowest BCUT2D eigenvalue weighted by molar-refractivity contribution is -0.121. The average molecular weight is 321 g/mol. The summed E-state index contributed by atoms with van der Waals surface area (Å²) < 4.78 is 13.4. The molecule has 1 fully saturated rings. The maximum absolute atomic E-state index is 13.4. The predicted molar refractivity (Wildman–Crippen MR) is 86.5 cm³/mol. The van der Waals surface area contributed by atoms with E-state index in [-0.39, 0.29) is 30.1 Å². The first-order valence-corrected chi connectivity index (χ1v) is 8.07. The van der Waals surface area contributed by atoms with Crippen molar-refractivity contribution < 1.29 is 14.0 Å². The van der Waals surface area contributed by atoms with Gasteiger partial charge in [0, 0.05) is 37.7 Å². The fourth-order valence-electron chi connectivity index (χ4n) is 2.87. The predicted octanol–water partition coefficient (Wildman–Crippen LogP) is 1.59. The minimum atomic E-state index is -0.314. The Morgan fingerprint density at radius 1 is 1.39 bits per heavy atom. The second-order valence-electron chi connectivity index (χ2n) is 5.95. The Morgan fingerprint density at radius 3 is 2.87 bits per heavy atom. The summed E-state index contributed by atoms with van der Waals surface area (Å²) in [6.45, 7) is 3.05. The minimum absolute atomic E-state index is 0.0247. The second-order valence-corrected chi connectivity index (χ2v) is 5.95. The van der Waals surface area contributed by atoms with E-state index >= 15 is 0 Å². The largest absolute Gasteiger partial charge is 0.354 e. The third-order valence-corrected chi connectivity index (χ3v) is 4.20. The number of aryl methyl sites for hydroxylation is 1. The first kappa shape index (κ1) is 17.4. The van der Waals surface area contributed by atoms with Crippen LogP contribution in [0.15, 0.2) is 18.2 Å². The van der Waals surface area contributed by atoms with Gasteiger partial charge in [-0.25, -0.2) is 4.39 Å². The molecule has 3 N–H and O–H groups in total. The van der Waals surface area contributed by atoms with E-state index in [0.29, 0.717) is 30.8 Å². The number of hydrogen-bond acceptors (Lipinski definition) is 3. The minimum Gasteiger partial charge on any atom is -0.354 e. The van der Waals surface area contributed by atoms with Crippen LogP contribution >= 0.6 is 0 Å². The fourth-order valence-corrected chi connectivity index (χ4v) is 2.87. The summed E-state index contributed by atoms with van der Waals surface area (Å²) in [7, 11) is 0. The number of rotatable bonds is 5. The number of carbonyl (C=O) groups excluding carboxylic acids is 2. The van der Waals surface area contributed by atoms with Crippen molar-refractivity contribution in [3.8, 4) is 0 Å². The summed E-state index contributed by atoms with van der Waals surface area (Å²) in [6, 6.07) is 4.40. The Kier molecular flexibility index (Phi) is 6.10. The lowest BCUT2D eigenvalue weighted by atomic mass is 10.00. The zero-order valence-corrected chi connectivity index (χ0v) is 13.5. The molecule has 23 heavy (non-hydrogen) atoms. The van der Waals surface area contributed by atoms with Gasteiger partial charge in [-0.15, -0.1) is 0 Å². The Labute approximate surface area is 136 Å². The second kappa shape index (κ2) is 8.06. The normalized spacial score (nSPS) is 17.9. The van der Waals surface area contributed by atoms with Gasteiger partial charge in [0.05, 0.1) is 0 Å². The number of nitrogens with zero attached hydrogens (tertiary/aromatic N) is 1. The number of nitrogens with two attached hydrogens (primary N) is 1. The van der Waals surface area contributed by atoms with Crippen LogP contribution in [0.3, 0.4) is 0 Å². The van der Waals surface area contributed by atoms with Crippen molar-refractivity contribution in [1.82, 2.24) is 10.2 Å². The molecule has 0 aromatic heterocycles. The van der Waals surface area contributed by atoms with Crippen LogP contribution in [0.2, 0.25) is 0 Å². The molecule has 1 aliphatic heterocycles. The van der Waals surface area contributed by atoms with Crippen molar-refractivity contribution in [2.75, 3.05) is 19.6 Å². The van der Waals surface area contributed by atoms with Gasteiger partial charge in [0.2, 0.25) is 5.91 Å². The molecule has 126 valence electrons. The smallest absolute Gasteiger partial charge is 0.254 e. The molecule has 1 aromatic carbocycles. The summed E-state index contributed by atoms with van der Waals surface area (Å²) in [5, 5.41) is 2.84. The van der Waals surface area contributed by atoms with E-state index in [9.17, 15) is 14.0 Å². The molecule has 0 bridgehead atoms. The quantitative estimate of drug-likeness (QED) is 0.865. The van der Waals surface area contributed by atoms with Crippen LogP contribution in [-0.4, -0.2) is 42.4 Å². The number of piperidine rings is 1. The van der Waals surface area contributed by atoms with E-state index < -0.39 is 0 Å².